The van der Waals surface area contributed by atoms with Gasteiger partial charge in [-0.1, -0.05) is 36.4 Å². The molecule has 0 aliphatic heterocycles. The fourth-order valence-electron chi connectivity index (χ4n) is 3.46. The first-order chi connectivity index (χ1) is 16.0. The van der Waals surface area contributed by atoms with Crippen molar-refractivity contribution in [1.82, 2.24) is 20.1 Å². The van der Waals surface area contributed by atoms with Crippen LogP contribution in [0.5, 0.6) is 5.75 Å². The summed E-state index contributed by atoms with van der Waals surface area (Å²) in [6.45, 7) is 0.957. The second kappa shape index (κ2) is 9.99. The van der Waals surface area contributed by atoms with Crippen molar-refractivity contribution in [3.63, 3.8) is 0 Å². The smallest absolute Gasteiger partial charge is 0.255 e. The summed E-state index contributed by atoms with van der Waals surface area (Å²) in [7, 11) is 5.51. The van der Waals surface area contributed by atoms with Gasteiger partial charge in [0.2, 0.25) is 0 Å². The van der Waals surface area contributed by atoms with Gasteiger partial charge in [-0.25, -0.2) is 4.98 Å². The van der Waals surface area contributed by atoms with Crippen molar-refractivity contribution in [2.45, 2.75) is 13.1 Å². The van der Waals surface area contributed by atoms with Crippen LogP contribution in [0.3, 0.4) is 0 Å². The van der Waals surface area contributed by atoms with Crippen LogP contribution in [0.1, 0.15) is 21.5 Å². The van der Waals surface area contributed by atoms with Gasteiger partial charge in [-0.3, -0.25) is 9.48 Å². The molecule has 0 atom stereocenters. The van der Waals surface area contributed by atoms with Crippen LogP contribution in [0.25, 0.3) is 11.3 Å². The zero-order valence-electron chi connectivity index (χ0n) is 19.0. The number of hydrogen-bond acceptors (Lipinski definition) is 5. The number of pyridine rings is 1. The van der Waals surface area contributed by atoms with E-state index in [1.807, 2.05) is 85.7 Å². The molecule has 2 aromatic carbocycles. The van der Waals surface area contributed by atoms with Gasteiger partial charge in [0.1, 0.15) is 17.3 Å². The molecular weight excluding hydrogens is 414 g/mol. The summed E-state index contributed by atoms with van der Waals surface area (Å²) in [4.78, 5) is 19.5. The van der Waals surface area contributed by atoms with E-state index >= 15 is 0 Å². The molecule has 0 unspecified atom stereocenters. The highest BCUT2D eigenvalue weighted by molar-refractivity contribution is 5.99. The Labute approximate surface area is 193 Å². The van der Waals surface area contributed by atoms with E-state index < -0.39 is 0 Å². The van der Waals surface area contributed by atoms with E-state index in [1.165, 1.54) is 0 Å². The predicted molar refractivity (Wildman–Crippen MR) is 129 cm³/mol. The lowest BCUT2D eigenvalue weighted by molar-refractivity contribution is 0.0951. The van der Waals surface area contributed by atoms with Crippen LogP contribution < -0.4 is 15.0 Å². The molecule has 168 valence electrons. The monoisotopic (exact) mass is 441 g/mol. The van der Waals surface area contributed by atoms with E-state index in [1.54, 1.807) is 24.2 Å². The summed E-state index contributed by atoms with van der Waals surface area (Å²) < 4.78 is 7.07. The fraction of sp³-hybridized carbons (Fsp3) is 0.192. The molecular formula is C26H27N5O2. The maximum Gasteiger partial charge on any atom is 0.255 e. The molecule has 0 spiro atoms. The predicted octanol–water partition coefficient (Wildman–Crippen LogP) is 4.00. The lowest BCUT2D eigenvalue weighted by Gasteiger charge is -2.11. The summed E-state index contributed by atoms with van der Waals surface area (Å²) in [6, 6.07) is 21.5. The quantitative estimate of drug-likeness (QED) is 0.448. The zero-order valence-corrected chi connectivity index (χ0v) is 19.0. The molecule has 4 rings (SSSR count). The van der Waals surface area contributed by atoms with Crippen molar-refractivity contribution >= 4 is 11.7 Å². The maximum atomic E-state index is 13.2. The van der Waals surface area contributed by atoms with E-state index in [-0.39, 0.29) is 5.91 Å². The molecule has 7 heteroatoms. The summed E-state index contributed by atoms with van der Waals surface area (Å²) in [5.74, 6) is 1.44. The van der Waals surface area contributed by atoms with Crippen LogP contribution in [0, 0.1) is 0 Å². The van der Waals surface area contributed by atoms with Crippen LogP contribution in [0.4, 0.5) is 5.82 Å². The van der Waals surface area contributed by atoms with E-state index in [0.717, 1.165) is 28.3 Å². The Kier molecular flexibility index (Phi) is 6.69. The highest BCUT2D eigenvalue weighted by Gasteiger charge is 2.18. The van der Waals surface area contributed by atoms with Gasteiger partial charge < -0.3 is 15.0 Å². The molecule has 0 aliphatic carbocycles. The van der Waals surface area contributed by atoms with E-state index in [0.29, 0.717) is 24.3 Å². The Balaban J connectivity index is 1.57. The van der Waals surface area contributed by atoms with Gasteiger partial charge in [0, 0.05) is 38.6 Å². The number of rotatable bonds is 8. The first-order valence-corrected chi connectivity index (χ1v) is 10.7. The minimum absolute atomic E-state index is 0.184. The highest BCUT2D eigenvalue weighted by Crippen LogP contribution is 2.25. The summed E-state index contributed by atoms with van der Waals surface area (Å²) >= 11 is 0. The topological polar surface area (TPSA) is 72.3 Å². The second-order valence-corrected chi connectivity index (χ2v) is 7.90. The Morgan fingerprint density at radius 2 is 1.76 bits per heavy atom. The molecule has 0 radical (unpaired) electrons. The molecule has 1 N–H and O–H groups in total. The van der Waals surface area contributed by atoms with Gasteiger partial charge in [0.05, 0.1) is 19.2 Å². The van der Waals surface area contributed by atoms with Crippen molar-refractivity contribution < 1.29 is 9.53 Å². The number of amides is 1. The highest BCUT2D eigenvalue weighted by atomic mass is 16.5. The summed E-state index contributed by atoms with van der Waals surface area (Å²) in [5, 5.41) is 7.74. The molecule has 33 heavy (non-hydrogen) atoms. The minimum atomic E-state index is -0.184. The molecule has 2 aromatic heterocycles. The standard InChI is InChI=1S/C26H27N5O2/c1-30(2)24-14-9-20(15-27-24)16-28-26(32)23-18-31(17-19-7-5-4-6-8-19)29-25(23)21-10-12-22(33-3)13-11-21/h4-15,18H,16-17H2,1-3H3,(H,28,32). The molecule has 0 bridgehead atoms. The number of ether oxygens (including phenoxy) is 1. The Morgan fingerprint density at radius 3 is 2.39 bits per heavy atom. The SMILES string of the molecule is COc1ccc(-c2nn(Cc3ccccc3)cc2C(=O)NCc2ccc(N(C)C)nc2)cc1. The number of benzene rings is 2. The maximum absolute atomic E-state index is 13.2. The number of nitrogens with zero attached hydrogens (tertiary/aromatic N) is 4. The van der Waals surface area contributed by atoms with Crippen LogP contribution >= 0.6 is 0 Å². The Morgan fingerprint density at radius 1 is 1.00 bits per heavy atom. The average Bonchev–Trinajstić information content (AvgIpc) is 3.27. The van der Waals surface area contributed by atoms with Crippen molar-refractivity contribution in [2.24, 2.45) is 0 Å². The first-order valence-electron chi connectivity index (χ1n) is 10.7. The summed E-state index contributed by atoms with van der Waals surface area (Å²) in [5.41, 5.74) is 4.04. The molecule has 0 aliphatic rings. The van der Waals surface area contributed by atoms with Crippen LogP contribution in [0.15, 0.2) is 79.1 Å². The van der Waals surface area contributed by atoms with Gasteiger partial charge in [0.15, 0.2) is 0 Å². The van der Waals surface area contributed by atoms with Gasteiger partial charge in [0.25, 0.3) is 5.91 Å². The molecule has 0 saturated heterocycles. The third-order valence-corrected chi connectivity index (χ3v) is 5.28. The van der Waals surface area contributed by atoms with E-state index in [2.05, 4.69) is 10.3 Å². The Bertz CT molecular complexity index is 1200. The van der Waals surface area contributed by atoms with Gasteiger partial charge in [-0.05, 0) is 41.5 Å². The number of anilines is 1. The van der Waals surface area contributed by atoms with Gasteiger partial charge in [-0.15, -0.1) is 0 Å². The lowest BCUT2D eigenvalue weighted by Crippen LogP contribution is -2.23. The van der Waals surface area contributed by atoms with Crippen molar-refractivity contribution in [3.05, 3.63) is 95.8 Å². The van der Waals surface area contributed by atoms with Crippen LogP contribution in [-0.2, 0) is 13.1 Å². The van der Waals surface area contributed by atoms with Gasteiger partial charge >= 0.3 is 0 Å². The average molecular weight is 442 g/mol. The summed E-state index contributed by atoms with van der Waals surface area (Å²) in [6.07, 6.45) is 3.58. The minimum Gasteiger partial charge on any atom is -0.497 e. The third kappa shape index (κ3) is 5.38. The van der Waals surface area contributed by atoms with Gasteiger partial charge in [-0.2, -0.15) is 5.10 Å². The normalized spacial score (nSPS) is 10.6. The first kappa shape index (κ1) is 22.1. The molecule has 7 nitrogen and oxygen atoms in total. The van der Waals surface area contributed by atoms with Crippen molar-refractivity contribution in [2.75, 3.05) is 26.1 Å². The number of methoxy groups -OCH3 is 1. The van der Waals surface area contributed by atoms with Crippen molar-refractivity contribution in [1.29, 1.82) is 0 Å². The lowest BCUT2D eigenvalue weighted by atomic mass is 10.1. The van der Waals surface area contributed by atoms with E-state index in [4.69, 9.17) is 9.84 Å². The zero-order chi connectivity index (χ0) is 23.2. The molecule has 0 saturated carbocycles. The molecule has 0 fully saturated rings. The second-order valence-electron chi connectivity index (χ2n) is 7.90. The number of carbonyl (C=O) groups excluding carboxylic acids is 1. The van der Waals surface area contributed by atoms with Crippen LogP contribution in [-0.4, -0.2) is 41.9 Å². The third-order valence-electron chi connectivity index (χ3n) is 5.28. The number of nitrogens with one attached hydrogen (secondary N) is 1. The Hall–Kier alpha value is -4.13. The fourth-order valence-corrected chi connectivity index (χ4v) is 3.46. The number of carbonyl (C=O) groups is 1. The number of hydrogen-bond donors (Lipinski definition) is 1. The molecule has 2 heterocycles. The molecule has 1 amide bonds. The number of aromatic nitrogens is 3. The largest absolute Gasteiger partial charge is 0.497 e. The van der Waals surface area contributed by atoms with Crippen LogP contribution in [0.2, 0.25) is 0 Å². The van der Waals surface area contributed by atoms with Crippen molar-refractivity contribution in [3.8, 4) is 17.0 Å². The van der Waals surface area contributed by atoms with E-state index in [9.17, 15) is 4.79 Å². The molecule has 4 aromatic rings.